The van der Waals surface area contributed by atoms with Crippen LogP contribution < -0.4 is 26.6 Å². The SMILES string of the molecule is Cc1cc(Cl)cc(C)c1O[C@H](C)C(=O)NNC(=O)[C@@H](NC(N)=O)C(C)C. The van der Waals surface area contributed by atoms with Crippen molar-refractivity contribution in [3.63, 3.8) is 0 Å². The number of carbonyl (C=O) groups excluding carboxylic acids is 3. The molecule has 0 spiro atoms. The third kappa shape index (κ3) is 6.11. The molecule has 144 valence electrons. The molecule has 0 fully saturated rings. The van der Waals surface area contributed by atoms with E-state index in [-0.39, 0.29) is 5.92 Å². The maximum atomic E-state index is 12.2. The van der Waals surface area contributed by atoms with Crippen LogP contribution in [0.15, 0.2) is 12.1 Å². The molecule has 5 N–H and O–H groups in total. The summed E-state index contributed by atoms with van der Waals surface area (Å²) < 4.78 is 5.69. The molecule has 0 aliphatic rings. The molecule has 2 atom stereocenters. The Labute approximate surface area is 157 Å². The van der Waals surface area contributed by atoms with Crippen molar-refractivity contribution in [1.29, 1.82) is 0 Å². The van der Waals surface area contributed by atoms with Crippen molar-refractivity contribution in [2.24, 2.45) is 11.7 Å². The number of benzene rings is 1. The lowest BCUT2D eigenvalue weighted by molar-refractivity contribution is -0.133. The van der Waals surface area contributed by atoms with Crippen molar-refractivity contribution in [3.05, 3.63) is 28.3 Å². The molecule has 9 heteroatoms. The zero-order chi connectivity index (χ0) is 20.0. The van der Waals surface area contributed by atoms with Crippen molar-refractivity contribution >= 4 is 29.4 Å². The van der Waals surface area contributed by atoms with Gasteiger partial charge in [0.05, 0.1) is 0 Å². The molecular weight excluding hydrogens is 360 g/mol. The van der Waals surface area contributed by atoms with Crippen LogP contribution in [-0.4, -0.2) is 30.0 Å². The highest BCUT2D eigenvalue weighted by Gasteiger charge is 2.25. The molecule has 1 rings (SSSR count). The molecule has 0 bridgehead atoms. The van der Waals surface area contributed by atoms with E-state index in [1.54, 1.807) is 32.9 Å². The average molecular weight is 385 g/mol. The number of nitrogens with two attached hydrogens (primary N) is 1. The van der Waals surface area contributed by atoms with Crippen LogP contribution in [0.4, 0.5) is 4.79 Å². The Morgan fingerprint density at radius 3 is 2.00 bits per heavy atom. The van der Waals surface area contributed by atoms with E-state index in [1.807, 2.05) is 13.8 Å². The van der Waals surface area contributed by atoms with E-state index < -0.39 is 30.0 Å². The largest absolute Gasteiger partial charge is 0.480 e. The monoisotopic (exact) mass is 384 g/mol. The maximum Gasteiger partial charge on any atom is 0.312 e. The Morgan fingerprint density at radius 2 is 1.54 bits per heavy atom. The molecule has 4 amide bonds. The summed E-state index contributed by atoms with van der Waals surface area (Å²) >= 11 is 5.98. The molecule has 26 heavy (non-hydrogen) atoms. The van der Waals surface area contributed by atoms with Gasteiger partial charge in [-0.3, -0.25) is 20.4 Å². The predicted octanol–water partition coefficient (Wildman–Crippen LogP) is 1.56. The summed E-state index contributed by atoms with van der Waals surface area (Å²) in [5, 5.41) is 2.91. The Bertz CT molecular complexity index is 670. The van der Waals surface area contributed by atoms with Crippen LogP contribution in [0.25, 0.3) is 0 Å². The van der Waals surface area contributed by atoms with E-state index in [2.05, 4.69) is 16.2 Å². The number of hydrazine groups is 1. The molecule has 0 radical (unpaired) electrons. The van der Waals surface area contributed by atoms with Crippen molar-refractivity contribution in [2.75, 3.05) is 0 Å². The Hall–Kier alpha value is -2.48. The third-order valence-electron chi connectivity index (χ3n) is 3.64. The first kappa shape index (κ1) is 21.6. The van der Waals surface area contributed by atoms with Gasteiger partial charge in [-0.2, -0.15) is 0 Å². The highest BCUT2D eigenvalue weighted by molar-refractivity contribution is 6.30. The van der Waals surface area contributed by atoms with Crippen LogP contribution in [0, 0.1) is 19.8 Å². The molecule has 1 aromatic rings. The summed E-state index contributed by atoms with van der Waals surface area (Å²) in [6.45, 7) is 8.67. The van der Waals surface area contributed by atoms with Gasteiger partial charge in [0.15, 0.2) is 6.10 Å². The molecule has 0 heterocycles. The van der Waals surface area contributed by atoms with Gasteiger partial charge in [0.25, 0.3) is 11.8 Å². The summed E-state index contributed by atoms with van der Waals surface area (Å²) in [6.07, 6.45) is -0.865. The zero-order valence-electron chi connectivity index (χ0n) is 15.5. The molecule has 0 aliphatic carbocycles. The third-order valence-corrected chi connectivity index (χ3v) is 3.86. The first-order chi connectivity index (χ1) is 12.0. The van der Waals surface area contributed by atoms with Gasteiger partial charge in [-0.05, 0) is 49.9 Å². The van der Waals surface area contributed by atoms with Crippen molar-refractivity contribution in [1.82, 2.24) is 16.2 Å². The van der Waals surface area contributed by atoms with E-state index in [1.165, 1.54) is 0 Å². The lowest BCUT2D eigenvalue weighted by Gasteiger charge is -2.22. The summed E-state index contributed by atoms with van der Waals surface area (Å²) in [6, 6.07) is 1.78. The number of hydrogen-bond donors (Lipinski definition) is 4. The summed E-state index contributed by atoms with van der Waals surface area (Å²) in [5.41, 5.74) is 11.2. The predicted molar refractivity (Wildman–Crippen MR) is 98.6 cm³/mol. The maximum absolute atomic E-state index is 12.2. The van der Waals surface area contributed by atoms with E-state index in [4.69, 9.17) is 22.1 Å². The standard InChI is InChI=1S/C17H25ClN4O4/c1-8(2)13(20-17(19)25)16(24)22-21-15(23)11(5)26-14-9(3)6-12(18)7-10(14)4/h6-8,11,13H,1-5H3,(H,21,23)(H,22,24)(H3,19,20,25)/t11-,13+/m1/s1. The second-order valence-electron chi connectivity index (χ2n) is 6.34. The van der Waals surface area contributed by atoms with Crippen LogP contribution in [0.1, 0.15) is 31.9 Å². The molecule has 0 aliphatic heterocycles. The van der Waals surface area contributed by atoms with Crippen LogP contribution in [0.5, 0.6) is 5.75 Å². The van der Waals surface area contributed by atoms with Gasteiger partial charge in [-0.25, -0.2) is 4.79 Å². The fourth-order valence-corrected chi connectivity index (χ4v) is 2.63. The number of rotatable bonds is 6. The van der Waals surface area contributed by atoms with E-state index in [9.17, 15) is 14.4 Å². The van der Waals surface area contributed by atoms with Crippen molar-refractivity contribution in [2.45, 2.75) is 46.8 Å². The van der Waals surface area contributed by atoms with Gasteiger partial charge in [0, 0.05) is 5.02 Å². The van der Waals surface area contributed by atoms with E-state index in [0.29, 0.717) is 10.8 Å². The summed E-state index contributed by atoms with van der Waals surface area (Å²) in [5.74, 6) is -0.793. The second-order valence-corrected chi connectivity index (χ2v) is 6.77. The molecular formula is C17H25ClN4O4. The Morgan fingerprint density at radius 1 is 1.04 bits per heavy atom. The number of amides is 4. The van der Waals surface area contributed by atoms with E-state index in [0.717, 1.165) is 11.1 Å². The van der Waals surface area contributed by atoms with Gasteiger partial charge in [0.2, 0.25) is 0 Å². The number of carbonyl (C=O) groups is 3. The average Bonchev–Trinajstić information content (AvgIpc) is 2.52. The summed E-state index contributed by atoms with van der Waals surface area (Å²) in [7, 11) is 0. The second kappa shape index (κ2) is 9.28. The fourth-order valence-electron chi connectivity index (χ4n) is 2.30. The van der Waals surface area contributed by atoms with Gasteiger partial charge in [-0.15, -0.1) is 0 Å². The summed E-state index contributed by atoms with van der Waals surface area (Å²) in [4.78, 5) is 35.2. The normalized spacial score (nSPS) is 12.9. The lowest BCUT2D eigenvalue weighted by Crippen LogP contribution is -2.56. The van der Waals surface area contributed by atoms with Crippen LogP contribution in [-0.2, 0) is 9.59 Å². The lowest BCUT2D eigenvalue weighted by atomic mass is 10.0. The number of primary amides is 1. The van der Waals surface area contributed by atoms with Crippen LogP contribution in [0.2, 0.25) is 5.02 Å². The number of nitrogens with one attached hydrogen (secondary N) is 3. The highest BCUT2D eigenvalue weighted by atomic mass is 35.5. The van der Waals surface area contributed by atoms with Crippen LogP contribution >= 0.6 is 11.6 Å². The Balaban J connectivity index is 2.67. The topological polar surface area (TPSA) is 123 Å². The van der Waals surface area contributed by atoms with Crippen LogP contribution in [0.3, 0.4) is 0 Å². The number of hydrogen-bond acceptors (Lipinski definition) is 4. The molecule has 0 saturated carbocycles. The van der Waals surface area contributed by atoms with Gasteiger partial charge >= 0.3 is 6.03 Å². The highest BCUT2D eigenvalue weighted by Crippen LogP contribution is 2.27. The first-order valence-corrected chi connectivity index (χ1v) is 8.49. The molecule has 0 saturated heterocycles. The molecule has 0 aromatic heterocycles. The number of urea groups is 1. The van der Waals surface area contributed by atoms with Gasteiger partial charge in [-0.1, -0.05) is 25.4 Å². The quantitative estimate of drug-likeness (QED) is 0.556. The smallest absolute Gasteiger partial charge is 0.312 e. The number of halogens is 1. The van der Waals surface area contributed by atoms with Crippen molar-refractivity contribution < 1.29 is 19.1 Å². The Kier molecular flexibility index (Phi) is 7.70. The van der Waals surface area contributed by atoms with E-state index >= 15 is 0 Å². The minimum atomic E-state index is -0.871. The van der Waals surface area contributed by atoms with Crippen molar-refractivity contribution in [3.8, 4) is 5.75 Å². The minimum absolute atomic E-state index is 0.215. The number of ether oxygens (including phenoxy) is 1. The minimum Gasteiger partial charge on any atom is -0.480 e. The molecule has 1 aromatic carbocycles. The van der Waals surface area contributed by atoms with Gasteiger partial charge in [0.1, 0.15) is 11.8 Å². The molecule has 8 nitrogen and oxygen atoms in total. The first-order valence-electron chi connectivity index (χ1n) is 8.12. The fraction of sp³-hybridized carbons (Fsp3) is 0.471. The molecule has 0 unspecified atom stereocenters. The zero-order valence-corrected chi connectivity index (χ0v) is 16.2. The van der Waals surface area contributed by atoms with Gasteiger partial charge < -0.3 is 15.8 Å². The number of aryl methyl sites for hydroxylation is 2.